The van der Waals surface area contributed by atoms with Gasteiger partial charge < -0.3 is 5.32 Å². The van der Waals surface area contributed by atoms with Crippen LogP contribution in [0.3, 0.4) is 0 Å². The van der Waals surface area contributed by atoms with E-state index in [1.54, 1.807) is 11.3 Å². The molecule has 0 aliphatic rings. The Kier molecular flexibility index (Phi) is 3.00. The van der Waals surface area contributed by atoms with Crippen LogP contribution in [0.1, 0.15) is 31.3 Å². The van der Waals surface area contributed by atoms with Crippen LogP contribution >= 0.6 is 11.3 Å². The third-order valence-electron chi connectivity index (χ3n) is 2.36. The zero-order valence-electron chi connectivity index (χ0n) is 10.3. The van der Waals surface area contributed by atoms with E-state index in [2.05, 4.69) is 56.2 Å². The van der Waals surface area contributed by atoms with E-state index in [1.807, 2.05) is 0 Å². The van der Waals surface area contributed by atoms with Gasteiger partial charge in [0.2, 0.25) is 0 Å². The predicted molar refractivity (Wildman–Crippen MR) is 70.9 cm³/mol. The van der Waals surface area contributed by atoms with Crippen LogP contribution in [0.2, 0.25) is 0 Å². The molecule has 0 saturated carbocycles. The minimum atomic E-state index is 0.147. The molecule has 2 rings (SSSR count). The van der Waals surface area contributed by atoms with Gasteiger partial charge in [-0.2, -0.15) is 0 Å². The molecule has 86 valence electrons. The Bertz CT molecular complexity index is 494. The lowest BCUT2D eigenvalue weighted by Gasteiger charge is -2.19. The summed E-state index contributed by atoms with van der Waals surface area (Å²) in [5.74, 6) is 0. The number of hydrogen-bond donors (Lipinski definition) is 1. The second-order valence-electron chi connectivity index (χ2n) is 5.18. The van der Waals surface area contributed by atoms with Gasteiger partial charge in [0.15, 0.2) is 0 Å². The van der Waals surface area contributed by atoms with Gasteiger partial charge in [0.05, 0.1) is 10.2 Å². The summed E-state index contributed by atoms with van der Waals surface area (Å²) in [6.45, 7) is 9.47. The van der Waals surface area contributed by atoms with Crippen LogP contribution < -0.4 is 5.32 Å². The molecule has 0 atom stereocenters. The first-order valence-corrected chi connectivity index (χ1v) is 6.37. The number of hydrogen-bond acceptors (Lipinski definition) is 3. The summed E-state index contributed by atoms with van der Waals surface area (Å²) >= 11 is 1.77. The average molecular weight is 234 g/mol. The van der Waals surface area contributed by atoms with Crippen LogP contribution in [0.5, 0.6) is 0 Å². The summed E-state index contributed by atoms with van der Waals surface area (Å²) < 4.78 is 1.27. The number of rotatable bonds is 2. The molecule has 0 aliphatic carbocycles. The summed E-state index contributed by atoms with van der Waals surface area (Å²) in [5.41, 5.74) is 2.54. The molecule has 0 spiro atoms. The first-order chi connectivity index (χ1) is 7.44. The highest BCUT2D eigenvalue weighted by atomic mass is 32.1. The highest BCUT2D eigenvalue weighted by Gasteiger charge is 2.10. The molecule has 0 amide bonds. The molecule has 2 nitrogen and oxygen atoms in total. The Morgan fingerprint density at radius 3 is 2.75 bits per heavy atom. The van der Waals surface area contributed by atoms with Crippen molar-refractivity contribution in [1.82, 2.24) is 10.3 Å². The lowest BCUT2D eigenvalue weighted by atomic mass is 10.1. The molecule has 0 fully saturated rings. The Balaban J connectivity index is 2.20. The van der Waals surface area contributed by atoms with Gasteiger partial charge in [-0.25, -0.2) is 4.98 Å². The highest BCUT2D eigenvalue weighted by molar-refractivity contribution is 7.18. The Hall–Kier alpha value is -0.930. The number of benzene rings is 1. The maximum atomic E-state index is 4.63. The van der Waals surface area contributed by atoms with E-state index in [-0.39, 0.29) is 5.54 Å². The number of aromatic nitrogens is 1. The van der Waals surface area contributed by atoms with Gasteiger partial charge in [-0.05, 0) is 45.4 Å². The van der Waals surface area contributed by atoms with Gasteiger partial charge in [-0.3, -0.25) is 0 Å². The van der Waals surface area contributed by atoms with Crippen molar-refractivity contribution in [2.75, 3.05) is 0 Å². The largest absolute Gasteiger partial charge is 0.306 e. The molecule has 2 aromatic rings. The fourth-order valence-electron chi connectivity index (χ4n) is 1.50. The van der Waals surface area contributed by atoms with E-state index in [0.29, 0.717) is 0 Å². The van der Waals surface area contributed by atoms with Gasteiger partial charge in [-0.15, -0.1) is 11.3 Å². The Labute approximate surface area is 101 Å². The summed E-state index contributed by atoms with van der Waals surface area (Å²) in [6, 6.07) is 6.44. The molecule has 1 aromatic carbocycles. The van der Waals surface area contributed by atoms with Crippen molar-refractivity contribution < 1.29 is 0 Å². The summed E-state index contributed by atoms with van der Waals surface area (Å²) in [7, 11) is 0. The van der Waals surface area contributed by atoms with Crippen molar-refractivity contribution in [3.05, 3.63) is 28.8 Å². The zero-order chi connectivity index (χ0) is 11.8. The van der Waals surface area contributed by atoms with Crippen LogP contribution in [-0.2, 0) is 6.54 Å². The van der Waals surface area contributed by atoms with Gasteiger partial charge in [-0.1, -0.05) is 6.07 Å². The van der Waals surface area contributed by atoms with E-state index < -0.39 is 0 Å². The van der Waals surface area contributed by atoms with Crippen molar-refractivity contribution in [2.24, 2.45) is 0 Å². The van der Waals surface area contributed by atoms with Crippen molar-refractivity contribution >= 4 is 21.6 Å². The summed E-state index contributed by atoms with van der Waals surface area (Å²) in [4.78, 5) is 4.63. The number of thiazole rings is 1. The van der Waals surface area contributed by atoms with Gasteiger partial charge in [0, 0.05) is 12.1 Å². The molecule has 1 heterocycles. The molecule has 1 aromatic heterocycles. The van der Waals surface area contributed by atoms with Crippen LogP contribution in [0.4, 0.5) is 0 Å². The summed E-state index contributed by atoms with van der Waals surface area (Å²) in [6.07, 6.45) is 0. The molecule has 0 bridgehead atoms. The molecule has 0 saturated heterocycles. The quantitative estimate of drug-likeness (QED) is 0.860. The minimum absolute atomic E-state index is 0.147. The predicted octanol–water partition coefficient (Wildman–Crippen LogP) is 3.49. The Morgan fingerprint density at radius 1 is 1.31 bits per heavy atom. The third-order valence-corrected chi connectivity index (χ3v) is 3.39. The fourth-order valence-corrected chi connectivity index (χ4v) is 2.39. The smallest absolute Gasteiger partial charge is 0.108 e. The number of nitrogens with zero attached hydrogens (tertiary/aromatic N) is 1. The maximum Gasteiger partial charge on any atom is 0.108 e. The summed E-state index contributed by atoms with van der Waals surface area (Å²) in [5, 5.41) is 4.62. The molecular weight excluding hydrogens is 216 g/mol. The molecule has 0 radical (unpaired) electrons. The monoisotopic (exact) mass is 234 g/mol. The molecule has 0 aliphatic heterocycles. The average Bonchev–Trinajstić information content (AvgIpc) is 2.55. The van der Waals surface area contributed by atoms with E-state index >= 15 is 0 Å². The maximum absolute atomic E-state index is 4.63. The van der Waals surface area contributed by atoms with Gasteiger partial charge in [0.25, 0.3) is 0 Å². The zero-order valence-corrected chi connectivity index (χ0v) is 11.1. The molecule has 0 unspecified atom stereocenters. The highest BCUT2D eigenvalue weighted by Crippen LogP contribution is 2.23. The number of fused-ring (bicyclic) bond motifs is 1. The topological polar surface area (TPSA) is 24.9 Å². The lowest BCUT2D eigenvalue weighted by molar-refractivity contribution is 0.424. The Morgan fingerprint density at radius 2 is 2.06 bits per heavy atom. The first-order valence-electron chi connectivity index (χ1n) is 5.55. The normalized spacial score (nSPS) is 12.2. The molecular formula is C13H18N2S. The third kappa shape index (κ3) is 2.80. The minimum Gasteiger partial charge on any atom is -0.306 e. The van der Waals surface area contributed by atoms with Crippen LogP contribution in [0.25, 0.3) is 10.2 Å². The van der Waals surface area contributed by atoms with Crippen LogP contribution in [-0.4, -0.2) is 10.5 Å². The fraction of sp³-hybridized carbons (Fsp3) is 0.462. The van der Waals surface area contributed by atoms with Crippen LogP contribution in [0.15, 0.2) is 18.2 Å². The van der Waals surface area contributed by atoms with Gasteiger partial charge in [0.1, 0.15) is 5.01 Å². The van der Waals surface area contributed by atoms with E-state index in [9.17, 15) is 0 Å². The van der Waals surface area contributed by atoms with Crippen molar-refractivity contribution in [1.29, 1.82) is 0 Å². The van der Waals surface area contributed by atoms with E-state index in [0.717, 1.165) is 17.1 Å². The standard InChI is InChI=1S/C13H18N2S/c1-9-5-6-11-10(7-9)15-12(16-11)8-14-13(2,3)4/h5-7,14H,8H2,1-4H3. The van der Waals surface area contributed by atoms with Gasteiger partial charge >= 0.3 is 0 Å². The van der Waals surface area contributed by atoms with Crippen molar-refractivity contribution in [3.63, 3.8) is 0 Å². The second-order valence-corrected chi connectivity index (χ2v) is 6.30. The van der Waals surface area contributed by atoms with E-state index in [4.69, 9.17) is 0 Å². The van der Waals surface area contributed by atoms with Crippen molar-refractivity contribution in [3.8, 4) is 0 Å². The number of aryl methyl sites for hydroxylation is 1. The molecule has 16 heavy (non-hydrogen) atoms. The van der Waals surface area contributed by atoms with Crippen molar-refractivity contribution in [2.45, 2.75) is 39.8 Å². The van der Waals surface area contributed by atoms with E-state index in [1.165, 1.54) is 10.3 Å². The number of nitrogens with one attached hydrogen (secondary N) is 1. The van der Waals surface area contributed by atoms with Crippen LogP contribution in [0, 0.1) is 6.92 Å². The second kappa shape index (κ2) is 4.15. The first kappa shape index (κ1) is 11.6. The molecule has 1 N–H and O–H groups in total. The lowest BCUT2D eigenvalue weighted by Crippen LogP contribution is -2.34. The molecule has 3 heteroatoms. The SMILES string of the molecule is Cc1ccc2sc(CNC(C)(C)C)nc2c1.